The van der Waals surface area contributed by atoms with Crippen LogP contribution in [0.25, 0.3) is 0 Å². The number of nitrogens with zero attached hydrogens (tertiary/aromatic N) is 9. The van der Waals surface area contributed by atoms with Crippen molar-refractivity contribution in [3.05, 3.63) is 57.0 Å². The second-order valence-corrected chi connectivity index (χ2v) is 21.7. The summed E-state index contributed by atoms with van der Waals surface area (Å²) in [5, 5.41) is 14.0. The first-order chi connectivity index (χ1) is 32.7. The fourth-order valence-electron chi connectivity index (χ4n) is 10.7. The van der Waals surface area contributed by atoms with Gasteiger partial charge in [0, 0.05) is 72.1 Å². The van der Waals surface area contributed by atoms with Crippen LogP contribution in [0.4, 0.5) is 51.1 Å². The number of halogens is 13. The van der Waals surface area contributed by atoms with Crippen molar-refractivity contribution in [2.24, 2.45) is 5.73 Å². The Labute approximate surface area is 453 Å². The summed E-state index contributed by atoms with van der Waals surface area (Å²) in [4.78, 5) is 38.4. The minimum absolute atomic E-state index is 0. The summed E-state index contributed by atoms with van der Waals surface area (Å²) in [6.07, 6.45) is 6.45. The van der Waals surface area contributed by atoms with Gasteiger partial charge in [-0.2, -0.15) is 9.97 Å². The molecule has 0 aliphatic carbocycles. The van der Waals surface area contributed by atoms with Crippen molar-refractivity contribution in [3.8, 4) is 0 Å². The largest absolute Gasteiger partial charge is 1.00 e. The number of carbonyl (C=O) groups excluding carboxylic acids is 1. The van der Waals surface area contributed by atoms with Crippen molar-refractivity contribution in [2.45, 2.75) is 170 Å². The molecule has 72 heavy (non-hydrogen) atoms. The van der Waals surface area contributed by atoms with Gasteiger partial charge in [-0.15, -0.1) is 0 Å². The summed E-state index contributed by atoms with van der Waals surface area (Å²) in [5.41, 5.74) is 4.96. The molecule has 3 aromatic rings. The van der Waals surface area contributed by atoms with Gasteiger partial charge in [-0.3, -0.25) is 19.5 Å². The maximum absolute atomic E-state index is 13.7. The molecule has 398 valence electrons. The van der Waals surface area contributed by atoms with Crippen LogP contribution in [0.15, 0.2) is 18.6 Å². The van der Waals surface area contributed by atoms with E-state index in [9.17, 15) is 39.5 Å². The van der Waals surface area contributed by atoms with Crippen LogP contribution in [0, 0.1) is 17.5 Å². The van der Waals surface area contributed by atoms with Gasteiger partial charge in [0.2, 0.25) is 15.9 Å². The van der Waals surface area contributed by atoms with E-state index in [4.69, 9.17) is 62.2 Å². The fourth-order valence-corrected chi connectivity index (χ4v) is 11.3. The van der Waals surface area contributed by atoms with Crippen molar-refractivity contribution in [3.63, 3.8) is 0 Å². The Hall–Kier alpha value is -2.36. The van der Waals surface area contributed by atoms with E-state index < -0.39 is 35.2 Å². The quantitative estimate of drug-likeness (QED) is 0.0544. The van der Waals surface area contributed by atoms with Gasteiger partial charge in [0.1, 0.15) is 0 Å². The third kappa shape index (κ3) is 17.1. The zero-order valence-corrected chi connectivity index (χ0v) is 45.5. The second kappa shape index (κ2) is 24.8. The number of hydrogen-bond donors (Lipinski definition) is 3. The van der Waals surface area contributed by atoms with Gasteiger partial charge >= 0.3 is 29.6 Å². The van der Waals surface area contributed by atoms with E-state index >= 15 is 0 Å². The summed E-state index contributed by atoms with van der Waals surface area (Å²) < 4.78 is 121. The molecule has 9 heterocycles. The van der Waals surface area contributed by atoms with Crippen molar-refractivity contribution >= 4 is 64.5 Å². The van der Waals surface area contributed by atoms with E-state index in [0.717, 1.165) is 31.4 Å². The maximum atomic E-state index is 13.7. The fraction of sp³-hybridized carbons (Fsp3) is 0.698. The van der Waals surface area contributed by atoms with E-state index in [0.29, 0.717) is 25.7 Å². The van der Waals surface area contributed by atoms with Gasteiger partial charge in [0.05, 0.1) is 38.2 Å². The molecule has 6 atom stereocenters. The number of nitrogens with one attached hydrogen (secondary N) is 2. The Morgan fingerprint density at radius 3 is 1.25 bits per heavy atom. The summed E-state index contributed by atoms with van der Waals surface area (Å²) in [5.74, 6) is -9.62. The molecule has 0 radical (unpaired) electrons. The number of fused-ring (bicyclic) bond motifs is 3. The first-order valence-corrected chi connectivity index (χ1v) is 23.9. The van der Waals surface area contributed by atoms with E-state index in [1.807, 2.05) is 56.2 Å². The van der Waals surface area contributed by atoms with E-state index in [-0.39, 0.29) is 160 Å². The van der Waals surface area contributed by atoms with Crippen LogP contribution in [0.3, 0.4) is 0 Å². The molecule has 15 nitrogen and oxygen atoms in total. The number of nitrogens with two attached hydrogens (primary N) is 1. The van der Waals surface area contributed by atoms with Gasteiger partial charge in [0.25, 0.3) is 24.2 Å². The SMILES string of the molecule is CC1(C)CC(N)C[C@@H]2CC(F)(F)CN21.CC1(C)C[C@@H](Nc2nc(Cl)ncc2F)C[C@@H]2CC(F)(F)CN21.CC1(C)C[C@H](Nc2nc(Cl)ncc2F)C[C@@H]2CC(F)(F)CN21.Fc1cnc(Cl)nc1Cl.O=CO[O-].[Na+]. The number of rotatable bonds is 5. The summed E-state index contributed by atoms with van der Waals surface area (Å²) in [7, 11) is 0. The van der Waals surface area contributed by atoms with Crippen LogP contribution >= 0.6 is 46.4 Å². The van der Waals surface area contributed by atoms with E-state index in [2.05, 4.69) is 45.4 Å². The standard InChI is InChI=1S/2C14H18ClF3N4.C10H18F2N2.C4HCl2FN2.CH2O3.Na/c2*1-13(2)4-8(3-9-5-14(17,18)7-22(9)13)20-11-10(16)6-19-12(15)21-11;1-9(2)4-7(13)3-8-5-10(11,12)6-14(8)9;5-3-2(7)1-8-4(6)9-3;2-1-4-3;/h2*6,8-9H,3-5,7H2,1-2H3,(H,19,20,21);7-8H,3-6,13H2,1-2H3;1H;1,3H;/q;;;;;+1/p-1/t8-,9+;8-,9-;7?,8-;;;/m011.../s1. The number of hydrogen-bond acceptors (Lipinski definition) is 15. The van der Waals surface area contributed by atoms with Crippen LogP contribution in [0.5, 0.6) is 0 Å². The number of carbonyl (C=O) groups is 1. The predicted octanol–water partition coefficient (Wildman–Crippen LogP) is 5.62. The molecule has 1 unspecified atom stereocenters. The summed E-state index contributed by atoms with van der Waals surface area (Å²) in [6.45, 7) is 11.1. The Kier molecular flexibility index (Phi) is 21.4. The molecule has 6 aliphatic rings. The molecule has 6 fully saturated rings. The van der Waals surface area contributed by atoms with Crippen molar-refractivity contribution in [1.29, 1.82) is 0 Å². The van der Waals surface area contributed by atoms with Gasteiger partial charge in [-0.25, -0.2) is 59.4 Å². The molecule has 0 aromatic carbocycles. The van der Waals surface area contributed by atoms with E-state index in [1.54, 1.807) is 0 Å². The number of aromatic nitrogens is 6. The topological polar surface area (TPSA) is 186 Å². The first kappa shape index (κ1) is 62.2. The Bertz CT molecular complexity index is 2210. The molecule has 4 N–H and O–H groups in total. The number of alkyl halides is 6. The molecule has 0 bridgehead atoms. The predicted molar refractivity (Wildman–Crippen MR) is 246 cm³/mol. The molecular weight excluding hydrogens is 1070 g/mol. The molecular formula is C43H56Cl4F9N12NaO3. The second-order valence-electron chi connectivity index (χ2n) is 20.4. The van der Waals surface area contributed by atoms with Gasteiger partial charge in [-0.05, 0) is 115 Å². The maximum Gasteiger partial charge on any atom is 1.00 e. The van der Waals surface area contributed by atoms with Crippen molar-refractivity contribution < 1.29 is 84.0 Å². The third-order valence-corrected chi connectivity index (χ3v) is 14.0. The molecule has 9 rings (SSSR count). The van der Waals surface area contributed by atoms with E-state index in [1.165, 1.54) is 0 Å². The molecule has 29 heteroatoms. The van der Waals surface area contributed by atoms with Gasteiger partial charge in [-0.1, -0.05) is 11.6 Å². The van der Waals surface area contributed by atoms with Crippen molar-refractivity contribution in [2.75, 3.05) is 30.3 Å². The summed E-state index contributed by atoms with van der Waals surface area (Å²) >= 11 is 21.8. The molecule has 3 aromatic heterocycles. The molecule has 0 spiro atoms. The summed E-state index contributed by atoms with van der Waals surface area (Å²) in [6, 6.07) is -0.617. The number of piperidine rings is 3. The van der Waals surface area contributed by atoms with Crippen LogP contribution in [-0.4, -0.2) is 141 Å². The van der Waals surface area contributed by atoms with Gasteiger partial charge < -0.3 is 26.5 Å². The average molecular weight is 1120 g/mol. The zero-order chi connectivity index (χ0) is 53.1. The molecule has 6 saturated heterocycles. The minimum Gasteiger partial charge on any atom is -0.662 e. The smallest absolute Gasteiger partial charge is 0.662 e. The Balaban J connectivity index is 0.000000211. The van der Waals surface area contributed by atoms with Crippen LogP contribution in [0.1, 0.15) is 99.3 Å². The molecule has 0 saturated carbocycles. The third-order valence-electron chi connectivity index (χ3n) is 13.2. The first-order valence-electron chi connectivity index (χ1n) is 22.4. The minimum atomic E-state index is -2.65. The van der Waals surface area contributed by atoms with Crippen LogP contribution < -0.4 is 51.2 Å². The van der Waals surface area contributed by atoms with Crippen molar-refractivity contribution in [1.82, 2.24) is 44.6 Å². The monoisotopic (exact) mass is 1120 g/mol. The average Bonchev–Trinajstić information content (AvgIpc) is 3.87. The Morgan fingerprint density at radius 1 is 0.597 bits per heavy atom. The Morgan fingerprint density at radius 2 is 0.917 bits per heavy atom. The van der Waals surface area contributed by atoms with Crippen LogP contribution in [-0.2, 0) is 9.68 Å². The van der Waals surface area contributed by atoms with Gasteiger partial charge in [0.15, 0.2) is 34.2 Å². The molecule has 6 aliphatic heterocycles. The van der Waals surface area contributed by atoms with Crippen LogP contribution in [0.2, 0.25) is 21.0 Å². The zero-order valence-electron chi connectivity index (χ0n) is 40.5. The molecule has 0 amide bonds. The number of anilines is 2. The normalized spacial score (nSPS) is 27.8.